The Morgan fingerprint density at radius 1 is 1.37 bits per heavy atom. The Bertz CT molecular complexity index is 361. The van der Waals surface area contributed by atoms with Crippen molar-refractivity contribution >= 4 is 11.3 Å². The third-order valence-corrected chi connectivity index (χ3v) is 4.84. The molecule has 2 rings (SSSR count). The van der Waals surface area contributed by atoms with Crippen molar-refractivity contribution in [3.05, 3.63) is 16.6 Å². The summed E-state index contributed by atoms with van der Waals surface area (Å²) in [6, 6.07) is 1.29. The number of nitrogens with zero attached hydrogens (tertiary/aromatic N) is 2. The minimum Gasteiger partial charge on any atom is -0.311 e. The highest BCUT2D eigenvalue weighted by atomic mass is 32.1. The fourth-order valence-electron chi connectivity index (χ4n) is 2.83. The summed E-state index contributed by atoms with van der Waals surface area (Å²) in [5.41, 5.74) is 3.18. The van der Waals surface area contributed by atoms with Crippen LogP contribution in [-0.2, 0) is 6.42 Å². The Hall–Kier alpha value is -0.450. The lowest BCUT2D eigenvalue weighted by molar-refractivity contribution is 0.0862. The summed E-state index contributed by atoms with van der Waals surface area (Å²) in [5, 5.41) is 5.89. The Balaban J connectivity index is 1.95. The van der Waals surface area contributed by atoms with Crippen molar-refractivity contribution in [1.29, 1.82) is 0 Å². The van der Waals surface area contributed by atoms with E-state index in [0.717, 1.165) is 19.5 Å². The fourth-order valence-corrected chi connectivity index (χ4v) is 3.43. The molecular weight excluding hydrogens is 254 g/mol. The zero-order chi connectivity index (χ0) is 13.8. The van der Waals surface area contributed by atoms with Crippen molar-refractivity contribution in [2.24, 2.45) is 11.8 Å². The number of hydrogen-bond donors (Lipinski definition) is 1. The predicted molar refractivity (Wildman–Crippen MR) is 82.6 cm³/mol. The van der Waals surface area contributed by atoms with Crippen LogP contribution in [0.4, 0.5) is 0 Å². The molecule has 2 unspecified atom stereocenters. The lowest BCUT2D eigenvalue weighted by Crippen LogP contribution is -2.59. The van der Waals surface area contributed by atoms with Gasteiger partial charge in [0.15, 0.2) is 0 Å². The Labute approximate surface area is 121 Å². The van der Waals surface area contributed by atoms with Crippen LogP contribution >= 0.6 is 11.3 Å². The first-order valence-electron chi connectivity index (χ1n) is 7.42. The van der Waals surface area contributed by atoms with Gasteiger partial charge in [0.2, 0.25) is 0 Å². The molecule has 4 heteroatoms. The lowest BCUT2D eigenvalue weighted by atomic mass is 9.94. The lowest BCUT2D eigenvalue weighted by Gasteiger charge is -2.43. The highest BCUT2D eigenvalue weighted by molar-refractivity contribution is 7.07. The van der Waals surface area contributed by atoms with Gasteiger partial charge in [-0.3, -0.25) is 4.90 Å². The molecule has 0 aliphatic carbocycles. The molecule has 1 fully saturated rings. The summed E-state index contributed by atoms with van der Waals surface area (Å²) in [6.45, 7) is 12.7. The number of thiazole rings is 1. The average molecular weight is 281 g/mol. The molecule has 0 spiro atoms. The van der Waals surface area contributed by atoms with Crippen LogP contribution < -0.4 is 5.32 Å². The maximum absolute atomic E-state index is 4.40. The molecule has 1 N–H and O–H groups in total. The van der Waals surface area contributed by atoms with E-state index in [4.69, 9.17) is 0 Å². The number of rotatable bonds is 5. The van der Waals surface area contributed by atoms with Crippen LogP contribution in [0.25, 0.3) is 0 Å². The van der Waals surface area contributed by atoms with Crippen molar-refractivity contribution in [2.45, 2.75) is 46.2 Å². The summed E-state index contributed by atoms with van der Waals surface area (Å²) < 4.78 is 0. The van der Waals surface area contributed by atoms with Crippen molar-refractivity contribution in [3.63, 3.8) is 0 Å². The highest BCUT2D eigenvalue weighted by Gasteiger charge is 2.30. The van der Waals surface area contributed by atoms with E-state index in [1.807, 2.05) is 5.51 Å². The molecule has 0 aromatic carbocycles. The maximum Gasteiger partial charge on any atom is 0.0794 e. The van der Waals surface area contributed by atoms with Gasteiger partial charge in [0.05, 0.1) is 11.2 Å². The van der Waals surface area contributed by atoms with E-state index in [1.165, 1.54) is 12.2 Å². The Kier molecular flexibility index (Phi) is 5.37. The first-order valence-corrected chi connectivity index (χ1v) is 8.36. The minimum atomic E-state index is 0.630. The molecule has 2 heterocycles. The summed E-state index contributed by atoms with van der Waals surface area (Å²) in [7, 11) is 0. The summed E-state index contributed by atoms with van der Waals surface area (Å²) >= 11 is 1.70. The van der Waals surface area contributed by atoms with E-state index in [1.54, 1.807) is 11.3 Å². The molecule has 19 heavy (non-hydrogen) atoms. The van der Waals surface area contributed by atoms with Gasteiger partial charge in [-0.2, -0.15) is 0 Å². The molecule has 0 radical (unpaired) electrons. The Morgan fingerprint density at radius 2 is 2.16 bits per heavy atom. The van der Waals surface area contributed by atoms with Gasteiger partial charge in [-0.05, 0) is 11.8 Å². The monoisotopic (exact) mass is 281 g/mol. The summed E-state index contributed by atoms with van der Waals surface area (Å²) in [6.07, 6.45) is 1.08. The van der Waals surface area contributed by atoms with Crippen molar-refractivity contribution < 1.29 is 0 Å². The average Bonchev–Trinajstić information content (AvgIpc) is 2.88. The van der Waals surface area contributed by atoms with Crippen LogP contribution in [0.5, 0.6) is 0 Å². The predicted octanol–water partition coefficient (Wildman–Crippen LogP) is 2.64. The van der Waals surface area contributed by atoms with Gasteiger partial charge in [-0.15, -0.1) is 11.3 Å². The number of piperazine rings is 1. The molecule has 3 nitrogen and oxygen atoms in total. The number of aromatic nitrogens is 1. The first kappa shape index (κ1) is 14.9. The largest absolute Gasteiger partial charge is 0.311 e. The van der Waals surface area contributed by atoms with Crippen LogP contribution in [0.3, 0.4) is 0 Å². The van der Waals surface area contributed by atoms with E-state index in [-0.39, 0.29) is 0 Å². The first-order chi connectivity index (χ1) is 9.08. The molecule has 1 saturated heterocycles. The van der Waals surface area contributed by atoms with Crippen LogP contribution in [0.1, 0.15) is 33.4 Å². The molecule has 1 aliphatic heterocycles. The van der Waals surface area contributed by atoms with E-state index in [0.29, 0.717) is 23.9 Å². The fraction of sp³-hybridized carbons (Fsp3) is 0.800. The van der Waals surface area contributed by atoms with E-state index >= 15 is 0 Å². The minimum absolute atomic E-state index is 0.630. The third kappa shape index (κ3) is 4.01. The third-order valence-electron chi connectivity index (χ3n) is 4.20. The Morgan fingerprint density at radius 3 is 2.74 bits per heavy atom. The van der Waals surface area contributed by atoms with Gasteiger partial charge in [0, 0.05) is 43.5 Å². The van der Waals surface area contributed by atoms with Crippen molar-refractivity contribution in [1.82, 2.24) is 15.2 Å². The molecule has 1 aliphatic rings. The zero-order valence-corrected chi connectivity index (χ0v) is 13.4. The van der Waals surface area contributed by atoms with Gasteiger partial charge < -0.3 is 5.32 Å². The van der Waals surface area contributed by atoms with Gasteiger partial charge in [-0.1, -0.05) is 27.7 Å². The summed E-state index contributed by atoms with van der Waals surface area (Å²) in [4.78, 5) is 7.07. The standard InChI is InChI=1S/C15H27N3S/c1-11(2)14-8-18(15(7-16-14)12(3)4)6-5-13-9-19-10-17-13/h9-12,14-16H,5-8H2,1-4H3. The van der Waals surface area contributed by atoms with Crippen molar-refractivity contribution in [2.75, 3.05) is 19.6 Å². The molecule has 0 amide bonds. The molecular formula is C15H27N3S. The van der Waals surface area contributed by atoms with Crippen LogP contribution in [0.15, 0.2) is 10.9 Å². The molecule has 108 valence electrons. The highest BCUT2D eigenvalue weighted by Crippen LogP contribution is 2.18. The second kappa shape index (κ2) is 6.82. The smallest absolute Gasteiger partial charge is 0.0794 e. The van der Waals surface area contributed by atoms with Gasteiger partial charge in [0.1, 0.15) is 0 Å². The van der Waals surface area contributed by atoms with Crippen molar-refractivity contribution in [3.8, 4) is 0 Å². The van der Waals surface area contributed by atoms with Crippen LogP contribution in [0, 0.1) is 11.8 Å². The topological polar surface area (TPSA) is 28.2 Å². The molecule has 2 atom stereocenters. The van der Waals surface area contributed by atoms with Gasteiger partial charge >= 0.3 is 0 Å². The normalized spacial score (nSPS) is 25.4. The summed E-state index contributed by atoms with van der Waals surface area (Å²) in [5.74, 6) is 1.41. The molecule has 0 saturated carbocycles. The van der Waals surface area contributed by atoms with Gasteiger partial charge in [-0.25, -0.2) is 4.98 Å². The SMILES string of the molecule is CC(C)C1CN(CCc2cscn2)C(C(C)C)CN1. The zero-order valence-electron chi connectivity index (χ0n) is 12.6. The van der Waals surface area contributed by atoms with Gasteiger partial charge in [0.25, 0.3) is 0 Å². The quantitative estimate of drug-likeness (QED) is 0.899. The molecule has 0 bridgehead atoms. The maximum atomic E-state index is 4.40. The number of nitrogens with one attached hydrogen (secondary N) is 1. The van der Waals surface area contributed by atoms with E-state index in [2.05, 4.69) is 48.3 Å². The molecule has 1 aromatic rings. The molecule has 1 aromatic heterocycles. The second-order valence-corrected chi connectivity index (χ2v) is 7.01. The van der Waals surface area contributed by atoms with Crippen LogP contribution in [0.2, 0.25) is 0 Å². The van der Waals surface area contributed by atoms with E-state index in [9.17, 15) is 0 Å². The van der Waals surface area contributed by atoms with E-state index < -0.39 is 0 Å². The van der Waals surface area contributed by atoms with Crippen LogP contribution in [-0.4, -0.2) is 41.6 Å². The number of hydrogen-bond acceptors (Lipinski definition) is 4. The second-order valence-electron chi connectivity index (χ2n) is 6.29.